The molecule has 1 saturated heterocycles. The van der Waals surface area contributed by atoms with Gasteiger partial charge in [-0.3, -0.25) is 4.79 Å². The minimum atomic E-state index is 0.166. The SMILES string of the molecule is CCC(C)CC(=O)N1CCOC(CBr)C1. The Balaban J connectivity index is 2.38. The summed E-state index contributed by atoms with van der Waals surface area (Å²) in [5.41, 5.74) is 0. The molecule has 0 aromatic carbocycles. The van der Waals surface area contributed by atoms with Crippen LogP contribution in [-0.2, 0) is 9.53 Å². The Morgan fingerprint density at radius 3 is 3.00 bits per heavy atom. The van der Waals surface area contributed by atoms with Gasteiger partial charge in [0.15, 0.2) is 0 Å². The zero-order chi connectivity index (χ0) is 11.3. The monoisotopic (exact) mass is 277 g/mol. The summed E-state index contributed by atoms with van der Waals surface area (Å²) in [6, 6.07) is 0. The van der Waals surface area contributed by atoms with E-state index < -0.39 is 0 Å². The first-order valence-corrected chi connectivity index (χ1v) is 6.74. The highest BCUT2D eigenvalue weighted by atomic mass is 79.9. The number of halogens is 1. The van der Waals surface area contributed by atoms with Gasteiger partial charge in [0.05, 0.1) is 12.7 Å². The normalized spacial score (nSPS) is 23.9. The summed E-state index contributed by atoms with van der Waals surface area (Å²) in [4.78, 5) is 13.8. The van der Waals surface area contributed by atoms with Crippen LogP contribution in [0.15, 0.2) is 0 Å². The molecule has 0 bridgehead atoms. The lowest BCUT2D eigenvalue weighted by molar-refractivity contribution is -0.138. The Labute approximate surface area is 100 Å². The van der Waals surface area contributed by atoms with Gasteiger partial charge in [0, 0.05) is 24.8 Å². The fraction of sp³-hybridized carbons (Fsp3) is 0.909. The van der Waals surface area contributed by atoms with Gasteiger partial charge in [-0.2, -0.15) is 0 Å². The third kappa shape index (κ3) is 4.11. The molecule has 0 N–H and O–H groups in total. The van der Waals surface area contributed by atoms with Crippen molar-refractivity contribution >= 4 is 21.8 Å². The second-order valence-electron chi connectivity index (χ2n) is 4.20. The number of alkyl halides is 1. The van der Waals surface area contributed by atoms with E-state index in [9.17, 15) is 4.79 Å². The van der Waals surface area contributed by atoms with Crippen LogP contribution in [0, 0.1) is 5.92 Å². The Hall–Kier alpha value is -0.0900. The second kappa shape index (κ2) is 6.48. The van der Waals surface area contributed by atoms with E-state index in [-0.39, 0.29) is 12.0 Å². The molecule has 1 aliphatic rings. The molecule has 15 heavy (non-hydrogen) atoms. The van der Waals surface area contributed by atoms with Crippen molar-refractivity contribution in [2.75, 3.05) is 25.0 Å². The number of rotatable bonds is 4. The fourth-order valence-corrected chi connectivity index (χ4v) is 2.00. The Kier molecular flexibility index (Phi) is 5.61. The lowest BCUT2D eigenvalue weighted by Gasteiger charge is -2.32. The molecule has 1 amide bonds. The first-order valence-electron chi connectivity index (χ1n) is 5.62. The average molecular weight is 278 g/mol. The molecule has 3 nitrogen and oxygen atoms in total. The highest BCUT2D eigenvalue weighted by molar-refractivity contribution is 9.09. The molecule has 0 aromatic rings. The van der Waals surface area contributed by atoms with Gasteiger partial charge in [-0.05, 0) is 5.92 Å². The van der Waals surface area contributed by atoms with Gasteiger partial charge < -0.3 is 9.64 Å². The molecule has 2 unspecified atom stereocenters. The number of hydrogen-bond acceptors (Lipinski definition) is 2. The summed E-state index contributed by atoms with van der Waals surface area (Å²) in [5.74, 6) is 0.765. The quantitative estimate of drug-likeness (QED) is 0.737. The third-order valence-electron chi connectivity index (χ3n) is 2.88. The first-order chi connectivity index (χ1) is 7.17. The second-order valence-corrected chi connectivity index (χ2v) is 4.85. The molecular formula is C11H20BrNO2. The summed E-state index contributed by atoms with van der Waals surface area (Å²) in [6.07, 6.45) is 1.91. The minimum absolute atomic E-state index is 0.166. The van der Waals surface area contributed by atoms with Gasteiger partial charge >= 0.3 is 0 Å². The van der Waals surface area contributed by atoms with Gasteiger partial charge in [-0.15, -0.1) is 0 Å². The lowest BCUT2D eigenvalue weighted by atomic mass is 10.0. The van der Waals surface area contributed by atoms with Crippen molar-refractivity contribution in [2.24, 2.45) is 5.92 Å². The van der Waals surface area contributed by atoms with E-state index >= 15 is 0 Å². The van der Waals surface area contributed by atoms with Crippen molar-refractivity contribution in [1.82, 2.24) is 4.90 Å². The van der Waals surface area contributed by atoms with Crippen LogP contribution in [0.3, 0.4) is 0 Å². The number of ether oxygens (including phenoxy) is 1. The van der Waals surface area contributed by atoms with Crippen molar-refractivity contribution in [3.63, 3.8) is 0 Å². The van der Waals surface area contributed by atoms with Crippen molar-refractivity contribution in [3.8, 4) is 0 Å². The van der Waals surface area contributed by atoms with Gasteiger partial charge in [0.1, 0.15) is 0 Å². The molecule has 1 rings (SSSR count). The molecule has 0 spiro atoms. The van der Waals surface area contributed by atoms with Crippen LogP contribution in [-0.4, -0.2) is 41.9 Å². The van der Waals surface area contributed by atoms with E-state index in [1.165, 1.54) is 0 Å². The summed E-state index contributed by atoms with van der Waals surface area (Å²) < 4.78 is 5.50. The summed E-state index contributed by atoms with van der Waals surface area (Å²) >= 11 is 3.39. The van der Waals surface area contributed by atoms with E-state index in [2.05, 4.69) is 29.8 Å². The van der Waals surface area contributed by atoms with Crippen molar-refractivity contribution < 1.29 is 9.53 Å². The Morgan fingerprint density at radius 1 is 1.67 bits per heavy atom. The molecule has 0 aliphatic carbocycles. The Morgan fingerprint density at radius 2 is 2.40 bits per heavy atom. The van der Waals surface area contributed by atoms with Crippen LogP contribution in [0.4, 0.5) is 0 Å². The van der Waals surface area contributed by atoms with Gasteiger partial charge in [-0.1, -0.05) is 36.2 Å². The molecule has 0 radical (unpaired) electrons. The smallest absolute Gasteiger partial charge is 0.223 e. The highest BCUT2D eigenvalue weighted by Crippen LogP contribution is 2.13. The zero-order valence-electron chi connectivity index (χ0n) is 9.54. The Bertz CT molecular complexity index is 211. The van der Waals surface area contributed by atoms with Crippen molar-refractivity contribution in [2.45, 2.75) is 32.8 Å². The molecule has 88 valence electrons. The minimum Gasteiger partial charge on any atom is -0.374 e. The lowest BCUT2D eigenvalue weighted by Crippen LogP contribution is -2.46. The molecule has 1 heterocycles. The van der Waals surface area contributed by atoms with Crippen molar-refractivity contribution in [3.05, 3.63) is 0 Å². The molecule has 0 saturated carbocycles. The average Bonchev–Trinajstić information content (AvgIpc) is 2.28. The standard InChI is InChI=1S/C11H20BrNO2/c1-3-9(2)6-11(14)13-4-5-15-10(7-12)8-13/h9-10H,3-8H2,1-2H3. The number of carbonyl (C=O) groups excluding carboxylic acids is 1. The molecule has 4 heteroatoms. The van der Waals surface area contributed by atoms with E-state index in [1.54, 1.807) is 0 Å². The number of hydrogen-bond donors (Lipinski definition) is 0. The maximum atomic E-state index is 11.9. The van der Waals surface area contributed by atoms with Crippen LogP contribution in [0.25, 0.3) is 0 Å². The van der Waals surface area contributed by atoms with Crippen LogP contribution >= 0.6 is 15.9 Å². The molecule has 1 fully saturated rings. The number of morpholine rings is 1. The van der Waals surface area contributed by atoms with E-state index in [4.69, 9.17) is 4.74 Å². The largest absolute Gasteiger partial charge is 0.374 e. The van der Waals surface area contributed by atoms with E-state index in [1.807, 2.05) is 4.90 Å². The molecular weight excluding hydrogens is 258 g/mol. The van der Waals surface area contributed by atoms with Gasteiger partial charge in [0.25, 0.3) is 0 Å². The predicted octanol–water partition coefficient (Wildman–Crippen LogP) is 2.04. The van der Waals surface area contributed by atoms with E-state index in [0.29, 0.717) is 18.9 Å². The van der Waals surface area contributed by atoms with Crippen LogP contribution in [0.5, 0.6) is 0 Å². The number of nitrogens with zero attached hydrogens (tertiary/aromatic N) is 1. The maximum Gasteiger partial charge on any atom is 0.223 e. The fourth-order valence-electron chi connectivity index (χ4n) is 1.61. The van der Waals surface area contributed by atoms with Gasteiger partial charge in [-0.25, -0.2) is 0 Å². The molecule has 1 aliphatic heterocycles. The van der Waals surface area contributed by atoms with Crippen LogP contribution in [0.1, 0.15) is 26.7 Å². The summed E-state index contributed by atoms with van der Waals surface area (Å²) in [5, 5.41) is 0.806. The maximum absolute atomic E-state index is 11.9. The number of carbonyl (C=O) groups is 1. The first kappa shape index (κ1) is 13.0. The molecule has 2 atom stereocenters. The third-order valence-corrected chi connectivity index (χ3v) is 3.61. The highest BCUT2D eigenvalue weighted by Gasteiger charge is 2.23. The summed E-state index contributed by atoms with van der Waals surface area (Å²) in [7, 11) is 0. The van der Waals surface area contributed by atoms with Crippen LogP contribution in [0.2, 0.25) is 0 Å². The van der Waals surface area contributed by atoms with Crippen LogP contribution < -0.4 is 0 Å². The summed E-state index contributed by atoms with van der Waals surface area (Å²) in [6.45, 7) is 6.40. The topological polar surface area (TPSA) is 29.5 Å². The predicted molar refractivity (Wildman–Crippen MR) is 64.2 cm³/mol. The molecule has 0 aromatic heterocycles. The van der Waals surface area contributed by atoms with Crippen molar-refractivity contribution in [1.29, 1.82) is 0 Å². The number of amides is 1. The van der Waals surface area contributed by atoms with Gasteiger partial charge in [0.2, 0.25) is 5.91 Å². The van der Waals surface area contributed by atoms with E-state index in [0.717, 1.165) is 24.8 Å². The zero-order valence-corrected chi connectivity index (χ0v) is 11.1.